The predicted molar refractivity (Wildman–Crippen MR) is 99.1 cm³/mol. The van der Waals surface area contributed by atoms with Gasteiger partial charge < -0.3 is 4.52 Å². The van der Waals surface area contributed by atoms with Crippen molar-refractivity contribution in [3.63, 3.8) is 0 Å². The van der Waals surface area contributed by atoms with Gasteiger partial charge in [0.25, 0.3) is 0 Å². The van der Waals surface area contributed by atoms with Crippen molar-refractivity contribution < 1.29 is 9.45 Å². The molecule has 0 aliphatic rings. The zero-order valence-corrected chi connectivity index (χ0v) is 15.3. The maximum atomic E-state index is 11.1. The number of nitrogens with zero attached hydrogens (tertiary/aromatic N) is 4. The van der Waals surface area contributed by atoms with Crippen LogP contribution in [0.25, 0.3) is 12.2 Å². The van der Waals surface area contributed by atoms with E-state index in [1.807, 2.05) is 42.8 Å². The van der Waals surface area contributed by atoms with Gasteiger partial charge in [0.05, 0.1) is 17.2 Å². The van der Waals surface area contributed by atoms with Gasteiger partial charge >= 0.3 is 5.69 Å². The fraction of sp³-hybridized carbons (Fsp3) is 0.222. The lowest BCUT2D eigenvalue weighted by Gasteiger charge is -2.06. The lowest BCUT2D eigenvalue weighted by atomic mass is 10.1. The molecule has 134 valence electrons. The number of halogens is 1. The van der Waals surface area contributed by atoms with Gasteiger partial charge in [0, 0.05) is 16.3 Å². The van der Waals surface area contributed by atoms with Crippen LogP contribution in [0.5, 0.6) is 0 Å². The SMILES string of the molecule is Cc1nn(Cc2ccccc2Cl)c(C)c1C=Cc1onc(C)c1[N+](=O)[O-]. The molecular weight excluding hydrogens is 356 g/mol. The third-order valence-corrected chi connectivity index (χ3v) is 4.53. The number of nitro groups is 1. The van der Waals surface area contributed by atoms with E-state index in [1.165, 1.54) is 6.92 Å². The zero-order chi connectivity index (χ0) is 18.8. The van der Waals surface area contributed by atoms with E-state index in [0.717, 1.165) is 22.5 Å². The smallest absolute Gasteiger partial charge is 0.338 e. The molecule has 7 nitrogen and oxygen atoms in total. The second-order valence-corrected chi connectivity index (χ2v) is 6.31. The summed E-state index contributed by atoms with van der Waals surface area (Å²) in [5.41, 5.74) is 3.71. The molecule has 2 aromatic heterocycles. The van der Waals surface area contributed by atoms with E-state index in [-0.39, 0.29) is 17.1 Å². The number of aryl methyl sites for hydroxylation is 2. The molecule has 0 saturated carbocycles. The normalized spacial score (nSPS) is 11.4. The van der Waals surface area contributed by atoms with E-state index in [2.05, 4.69) is 10.3 Å². The third-order valence-electron chi connectivity index (χ3n) is 4.16. The summed E-state index contributed by atoms with van der Waals surface area (Å²) in [6.45, 7) is 5.91. The maximum absolute atomic E-state index is 11.1. The van der Waals surface area contributed by atoms with Gasteiger partial charge in [-0.25, -0.2) is 0 Å². The van der Waals surface area contributed by atoms with Crippen LogP contribution in [0.2, 0.25) is 5.02 Å². The molecule has 0 atom stereocenters. The summed E-state index contributed by atoms with van der Waals surface area (Å²) in [6.07, 6.45) is 3.31. The highest BCUT2D eigenvalue weighted by Gasteiger charge is 2.22. The first-order valence-corrected chi connectivity index (χ1v) is 8.32. The summed E-state index contributed by atoms with van der Waals surface area (Å²) < 4.78 is 6.91. The van der Waals surface area contributed by atoms with Crippen LogP contribution in [0.1, 0.15) is 34.0 Å². The molecule has 0 bridgehead atoms. The molecule has 0 saturated heterocycles. The fourth-order valence-electron chi connectivity index (χ4n) is 2.77. The molecule has 0 amide bonds. The summed E-state index contributed by atoms with van der Waals surface area (Å²) in [5.74, 6) is 0.116. The Morgan fingerprint density at radius 1 is 1.23 bits per heavy atom. The second kappa shape index (κ2) is 7.13. The molecule has 8 heteroatoms. The summed E-state index contributed by atoms with van der Waals surface area (Å²) in [5, 5.41) is 20.0. The van der Waals surface area contributed by atoms with Crippen LogP contribution in [-0.2, 0) is 6.54 Å². The summed E-state index contributed by atoms with van der Waals surface area (Å²) in [6, 6.07) is 7.61. The van der Waals surface area contributed by atoms with Crippen molar-refractivity contribution in [2.75, 3.05) is 0 Å². The van der Waals surface area contributed by atoms with Gasteiger partial charge in [0.2, 0.25) is 5.76 Å². The molecule has 0 spiro atoms. The Morgan fingerprint density at radius 3 is 2.65 bits per heavy atom. The fourth-order valence-corrected chi connectivity index (χ4v) is 2.96. The van der Waals surface area contributed by atoms with Crippen molar-refractivity contribution in [1.29, 1.82) is 0 Å². The van der Waals surface area contributed by atoms with Gasteiger partial charge in [-0.3, -0.25) is 14.8 Å². The van der Waals surface area contributed by atoms with Crippen molar-refractivity contribution in [2.45, 2.75) is 27.3 Å². The second-order valence-electron chi connectivity index (χ2n) is 5.90. The minimum atomic E-state index is -0.494. The average molecular weight is 373 g/mol. The highest BCUT2D eigenvalue weighted by Crippen LogP contribution is 2.26. The van der Waals surface area contributed by atoms with E-state index in [4.69, 9.17) is 16.1 Å². The summed E-state index contributed by atoms with van der Waals surface area (Å²) in [4.78, 5) is 10.6. The number of hydrogen-bond donors (Lipinski definition) is 0. The predicted octanol–water partition coefficient (Wildman–Crippen LogP) is 4.58. The standard InChI is InChI=1S/C18H17ClN4O3/c1-11-15(8-9-17-18(23(24)25)12(2)21-26-17)13(3)22(20-11)10-14-6-4-5-7-16(14)19/h4-9H,10H2,1-3H3. The van der Waals surface area contributed by atoms with Crippen molar-refractivity contribution in [3.05, 3.63) is 73.4 Å². The average Bonchev–Trinajstić information content (AvgIpc) is 3.08. The van der Waals surface area contributed by atoms with Crippen LogP contribution in [-0.4, -0.2) is 19.9 Å². The Bertz CT molecular complexity index is 1000. The van der Waals surface area contributed by atoms with E-state index >= 15 is 0 Å². The van der Waals surface area contributed by atoms with Crippen LogP contribution in [0.4, 0.5) is 5.69 Å². The van der Waals surface area contributed by atoms with Crippen LogP contribution in [0.15, 0.2) is 28.8 Å². The minimum Gasteiger partial charge on any atom is -0.349 e. The van der Waals surface area contributed by atoms with Crippen molar-refractivity contribution in [1.82, 2.24) is 14.9 Å². The number of rotatable bonds is 5. The molecule has 1 aromatic carbocycles. The molecule has 0 radical (unpaired) electrons. The van der Waals surface area contributed by atoms with Gasteiger partial charge in [-0.2, -0.15) is 5.10 Å². The summed E-state index contributed by atoms with van der Waals surface area (Å²) in [7, 11) is 0. The minimum absolute atomic E-state index is 0.116. The first kappa shape index (κ1) is 17.9. The zero-order valence-electron chi connectivity index (χ0n) is 14.6. The van der Waals surface area contributed by atoms with Crippen LogP contribution >= 0.6 is 11.6 Å². The molecule has 0 unspecified atom stereocenters. The van der Waals surface area contributed by atoms with Gasteiger partial charge in [-0.05, 0) is 44.6 Å². The number of hydrogen-bond acceptors (Lipinski definition) is 5. The Morgan fingerprint density at radius 2 is 1.96 bits per heavy atom. The maximum Gasteiger partial charge on any atom is 0.338 e. The molecular formula is C18H17ClN4O3. The number of benzene rings is 1. The van der Waals surface area contributed by atoms with Crippen molar-refractivity contribution in [2.24, 2.45) is 0 Å². The Balaban J connectivity index is 1.92. The monoisotopic (exact) mass is 372 g/mol. The molecule has 0 aliphatic carbocycles. The molecule has 3 rings (SSSR count). The van der Waals surface area contributed by atoms with E-state index in [0.29, 0.717) is 11.6 Å². The Hall–Kier alpha value is -2.93. The van der Waals surface area contributed by atoms with E-state index in [9.17, 15) is 10.1 Å². The molecule has 2 heterocycles. The molecule has 0 aliphatic heterocycles. The topological polar surface area (TPSA) is 87.0 Å². The first-order chi connectivity index (χ1) is 12.4. The van der Waals surface area contributed by atoms with Crippen LogP contribution < -0.4 is 0 Å². The van der Waals surface area contributed by atoms with Crippen LogP contribution in [0.3, 0.4) is 0 Å². The molecule has 0 fully saturated rings. The Kier molecular flexibility index (Phi) is 4.90. The van der Waals surface area contributed by atoms with Gasteiger partial charge in [0.15, 0.2) is 5.69 Å². The van der Waals surface area contributed by atoms with Gasteiger partial charge in [0.1, 0.15) is 0 Å². The molecule has 3 aromatic rings. The Labute approximate surface area is 155 Å². The van der Waals surface area contributed by atoms with Gasteiger partial charge in [-0.1, -0.05) is 35.0 Å². The molecule has 0 N–H and O–H groups in total. The highest BCUT2D eigenvalue weighted by atomic mass is 35.5. The lowest BCUT2D eigenvalue weighted by Crippen LogP contribution is -2.04. The lowest BCUT2D eigenvalue weighted by molar-refractivity contribution is -0.386. The van der Waals surface area contributed by atoms with Gasteiger partial charge in [-0.15, -0.1) is 0 Å². The summed E-state index contributed by atoms with van der Waals surface area (Å²) >= 11 is 6.23. The van der Waals surface area contributed by atoms with Crippen molar-refractivity contribution in [3.8, 4) is 0 Å². The first-order valence-electron chi connectivity index (χ1n) is 7.94. The largest absolute Gasteiger partial charge is 0.349 e. The van der Waals surface area contributed by atoms with Crippen molar-refractivity contribution >= 4 is 29.4 Å². The van der Waals surface area contributed by atoms with E-state index in [1.54, 1.807) is 12.2 Å². The molecule has 26 heavy (non-hydrogen) atoms. The highest BCUT2D eigenvalue weighted by molar-refractivity contribution is 6.31. The van der Waals surface area contributed by atoms with E-state index < -0.39 is 4.92 Å². The third kappa shape index (κ3) is 3.39. The quantitative estimate of drug-likeness (QED) is 0.483. The van der Waals surface area contributed by atoms with Crippen LogP contribution in [0, 0.1) is 30.9 Å². The number of aromatic nitrogens is 3.